The highest BCUT2D eigenvalue weighted by atomic mass is 14.9. The van der Waals surface area contributed by atoms with Gasteiger partial charge in [-0.25, -0.2) is 4.98 Å². The number of nitrogens with two attached hydrogens (primary N) is 1. The minimum atomic E-state index is 0.563. The molecular formula is C9H17N3. The number of aryl methyl sites for hydroxylation is 1. The van der Waals surface area contributed by atoms with Crippen molar-refractivity contribution in [2.75, 3.05) is 0 Å². The van der Waals surface area contributed by atoms with Crippen LogP contribution in [0.1, 0.15) is 31.7 Å². The first-order chi connectivity index (χ1) is 5.74. The maximum absolute atomic E-state index is 5.53. The molecular weight excluding hydrogens is 150 g/mol. The molecule has 0 saturated heterocycles. The van der Waals surface area contributed by atoms with Crippen LogP contribution in [0.2, 0.25) is 0 Å². The van der Waals surface area contributed by atoms with Crippen LogP contribution in [0.25, 0.3) is 0 Å². The Morgan fingerprint density at radius 1 is 1.58 bits per heavy atom. The van der Waals surface area contributed by atoms with Crippen molar-refractivity contribution < 1.29 is 0 Å². The molecule has 1 aromatic heterocycles. The molecule has 0 aliphatic heterocycles. The van der Waals surface area contributed by atoms with Crippen molar-refractivity contribution in [3.8, 4) is 0 Å². The van der Waals surface area contributed by atoms with Gasteiger partial charge in [-0.05, 0) is 18.8 Å². The SMILES string of the molecule is CC(C)CCc1nc[nH]c1CN. The number of nitrogens with one attached hydrogen (secondary N) is 1. The van der Waals surface area contributed by atoms with E-state index < -0.39 is 0 Å². The molecule has 3 N–H and O–H groups in total. The third-order valence-electron chi connectivity index (χ3n) is 1.97. The van der Waals surface area contributed by atoms with Crippen LogP contribution in [-0.4, -0.2) is 9.97 Å². The van der Waals surface area contributed by atoms with Crippen LogP contribution >= 0.6 is 0 Å². The molecule has 0 aromatic carbocycles. The first-order valence-electron chi connectivity index (χ1n) is 4.45. The van der Waals surface area contributed by atoms with E-state index in [0.717, 1.165) is 23.7 Å². The quantitative estimate of drug-likeness (QED) is 0.713. The molecule has 0 spiro atoms. The molecule has 1 rings (SSSR count). The Morgan fingerprint density at radius 3 is 2.92 bits per heavy atom. The molecule has 1 aromatic rings. The third-order valence-corrected chi connectivity index (χ3v) is 1.97. The van der Waals surface area contributed by atoms with Gasteiger partial charge in [0.15, 0.2) is 0 Å². The highest BCUT2D eigenvalue weighted by Gasteiger charge is 2.04. The van der Waals surface area contributed by atoms with Crippen LogP contribution in [-0.2, 0) is 13.0 Å². The van der Waals surface area contributed by atoms with E-state index in [1.54, 1.807) is 6.33 Å². The van der Waals surface area contributed by atoms with E-state index in [-0.39, 0.29) is 0 Å². The minimum Gasteiger partial charge on any atom is -0.347 e. The van der Waals surface area contributed by atoms with Gasteiger partial charge in [0.25, 0.3) is 0 Å². The second kappa shape index (κ2) is 4.26. The molecule has 0 amide bonds. The number of hydrogen-bond donors (Lipinski definition) is 2. The molecule has 0 fully saturated rings. The van der Waals surface area contributed by atoms with Gasteiger partial charge in [0, 0.05) is 6.54 Å². The van der Waals surface area contributed by atoms with Crippen LogP contribution in [0, 0.1) is 5.92 Å². The van der Waals surface area contributed by atoms with E-state index in [4.69, 9.17) is 5.73 Å². The summed E-state index contributed by atoms with van der Waals surface area (Å²) in [4.78, 5) is 7.27. The predicted molar refractivity (Wildman–Crippen MR) is 49.6 cm³/mol. The van der Waals surface area contributed by atoms with Crippen LogP contribution < -0.4 is 5.73 Å². The third kappa shape index (κ3) is 2.34. The molecule has 0 aliphatic rings. The zero-order valence-corrected chi connectivity index (χ0v) is 7.80. The summed E-state index contributed by atoms with van der Waals surface area (Å²) in [6.45, 7) is 5.00. The van der Waals surface area contributed by atoms with Gasteiger partial charge in [0.2, 0.25) is 0 Å². The van der Waals surface area contributed by atoms with Crippen LogP contribution in [0.4, 0.5) is 0 Å². The lowest BCUT2D eigenvalue weighted by Gasteiger charge is -2.03. The zero-order valence-electron chi connectivity index (χ0n) is 7.80. The van der Waals surface area contributed by atoms with Gasteiger partial charge in [0.1, 0.15) is 0 Å². The summed E-state index contributed by atoms with van der Waals surface area (Å²) in [6, 6.07) is 0. The van der Waals surface area contributed by atoms with Crippen molar-refractivity contribution in [2.24, 2.45) is 11.7 Å². The highest BCUT2D eigenvalue weighted by Crippen LogP contribution is 2.09. The minimum absolute atomic E-state index is 0.563. The number of H-pyrrole nitrogens is 1. The fraction of sp³-hybridized carbons (Fsp3) is 0.667. The lowest BCUT2D eigenvalue weighted by molar-refractivity contribution is 0.580. The molecule has 12 heavy (non-hydrogen) atoms. The Morgan fingerprint density at radius 2 is 2.33 bits per heavy atom. The zero-order chi connectivity index (χ0) is 8.97. The normalized spacial score (nSPS) is 11.0. The summed E-state index contributed by atoms with van der Waals surface area (Å²) in [5.41, 5.74) is 7.74. The molecule has 0 atom stereocenters. The molecule has 0 aliphatic carbocycles. The Labute approximate surface area is 73.4 Å². The van der Waals surface area contributed by atoms with Gasteiger partial charge in [-0.1, -0.05) is 13.8 Å². The number of nitrogens with zero attached hydrogens (tertiary/aromatic N) is 1. The van der Waals surface area contributed by atoms with Crippen molar-refractivity contribution in [3.63, 3.8) is 0 Å². The van der Waals surface area contributed by atoms with Crippen molar-refractivity contribution in [1.82, 2.24) is 9.97 Å². The second-order valence-electron chi connectivity index (χ2n) is 3.46. The van der Waals surface area contributed by atoms with Crippen LogP contribution in [0.5, 0.6) is 0 Å². The molecule has 0 unspecified atom stereocenters. The number of hydrogen-bond acceptors (Lipinski definition) is 2. The van der Waals surface area contributed by atoms with E-state index in [9.17, 15) is 0 Å². The molecule has 3 nitrogen and oxygen atoms in total. The Balaban J connectivity index is 2.50. The van der Waals surface area contributed by atoms with Gasteiger partial charge in [0.05, 0.1) is 17.7 Å². The van der Waals surface area contributed by atoms with Crippen molar-refractivity contribution in [1.29, 1.82) is 0 Å². The van der Waals surface area contributed by atoms with Gasteiger partial charge in [-0.3, -0.25) is 0 Å². The summed E-state index contributed by atoms with van der Waals surface area (Å²) in [5, 5.41) is 0. The van der Waals surface area contributed by atoms with Crippen molar-refractivity contribution in [2.45, 2.75) is 33.2 Å². The lowest BCUT2D eigenvalue weighted by atomic mass is 10.1. The number of aromatic nitrogens is 2. The van der Waals surface area contributed by atoms with Crippen molar-refractivity contribution >= 4 is 0 Å². The average Bonchev–Trinajstić information content (AvgIpc) is 2.47. The number of imidazole rings is 1. The standard InChI is InChI=1S/C9H17N3/c1-7(2)3-4-8-9(5-10)12-6-11-8/h6-7H,3-5,10H2,1-2H3,(H,11,12). The van der Waals surface area contributed by atoms with Gasteiger partial charge >= 0.3 is 0 Å². The Hall–Kier alpha value is -0.830. The maximum atomic E-state index is 5.53. The van der Waals surface area contributed by atoms with E-state index in [1.165, 1.54) is 6.42 Å². The Kier molecular flexibility index (Phi) is 3.29. The topological polar surface area (TPSA) is 54.7 Å². The molecule has 0 radical (unpaired) electrons. The first kappa shape index (κ1) is 9.26. The molecule has 3 heteroatoms. The average molecular weight is 167 g/mol. The number of aromatic amines is 1. The van der Waals surface area contributed by atoms with E-state index >= 15 is 0 Å². The summed E-state index contributed by atoms with van der Waals surface area (Å²) in [6.07, 6.45) is 3.93. The summed E-state index contributed by atoms with van der Waals surface area (Å²) in [5.74, 6) is 0.729. The summed E-state index contributed by atoms with van der Waals surface area (Å²) in [7, 11) is 0. The van der Waals surface area contributed by atoms with Gasteiger partial charge in [-0.15, -0.1) is 0 Å². The first-order valence-corrected chi connectivity index (χ1v) is 4.45. The monoisotopic (exact) mass is 167 g/mol. The van der Waals surface area contributed by atoms with Gasteiger partial charge < -0.3 is 10.7 Å². The predicted octanol–water partition coefficient (Wildman–Crippen LogP) is 1.46. The lowest BCUT2D eigenvalue weighted by Crippen LogP contribution is -2.02. The van der Waals surface area contributed by atoms with Gasteiger partial charge in [-0.2, -0.15) is 0 Å². The van der Waals surface area contributed by atoms with Crippen LogP contribution in [0.3, 0.4) is 0 Å². The van der Waals surface area contributed by atoms with E-state index in [1.807, 2.05) is 0 Å². The van der Waals surface area contributed by atoms with Crippen LogP contribution in [0.15, 0.2) is 6.33 Å². The molecule has 68 valence electrons. The van der Waals surface area contributed by atoms with Crippen molar-refractivity contribution in [3.05, 3.63) is 17.7 Å². The van der Waals surface area contributed by atoms with E-state index in [2.05, 4.69) is 23.8 Å². The van der Waals surface area contributed by atoms with E-state index in [0.29, 0.717) is 6.54 Å². The Bertz CT molecular complexity index is 227. The summed E-state index contributed by atoms with van der Waals surface area (Å²) >= 11 is 0. The number of rotatable bonds is 4. The molecule has 1 heterocycles. The second-order valence-corrected chi connectivity index (χ2v) is 3.46. The fourth-order valence-electron chi connectivity index (χ4n) is 1.17. The molecule has 0 bridgehead atoms. The highest BCUT2D eigenvalue weighted by molar-refractivity contribution is 5.10. The fourth-order valence-corrected chi connectivity index (χ4v) is 1.17. The smallest absolute Gasteiger partial charge is 0.0925 e. The maximum Gasteiger partial charge on any atom is 0.0925 e. The largest absolute Gasteiger partial charge is 0.347 e. The molecule has 0 saturated carbocycles. The summed E-state index contributed by atoms with van der Waals surface area (Å²) < 4.78 is 0.